The number of rotatable bonds is 4. The van der Waals surface area contributed by atoms with Crippen LogP contribution >= 0.6 is 0 Å². The predicted molar refractivity (Wildman–Crippen MR) is 61.4 cm³/mol. The summed E-state index contributed by atoms with van der Waals surface area (Å²) < 4.78 is 1.60. The first-order chi connectivity index (χ1) is 7.66. The quantitative estimate of drug-likeness (QED) is 0.791. The molecule has 1 heterocycles. The highest BCUT2D eigenvalue weighted by Crippen LogP contribution is 2.29. The number of anilines is 1. The van der Waals surface area contributed by atoms with Gasteiger partial charge in [-0.15, -0.1) is 0 Å². The van der Waals surface area contributed by atoms with Crippen molar-refractivity contribution in [2.45, 2.75) is 32.2 Å². The van der Waals surface area contributed by atoms with E-state index >= 15 is 0 Å². The number of carbonyl (C=O) groups is 1. The summed E-state index contributed by atoms with van der Waals surface area (Å²) in [5.41, 5.74) is 6.66. The van der Waals surface area contributed by atoms with Crippen molar-refractivity contribution in [3.8, 4) is 0 Å². The van der Waals surface area contributed by atoms with Crippen LogP contribution in [0.15, 0.2) is 6.20 Å². The molecule has 1 saturated carbocycles. The van der Waals surface area contributed by atoms with Gasteiger partial charge in [-0.05, 0) is 18.8 Å². The van der Waals surface area contributed by atoms with Crippen molar-refractivity contribution in [2.75, 3.05) is 5.73 Å². The maximum absolute atomic E-state index is 11.6. The summed E-state index contributed by atoms with van der Waals surface area (Å²) in [4.78, 5) is 11.6. The number of carbonyl (C=O) groups excluding carboxylic acids is 1. The van der Waals surface area contributed by atoms with E-state index < -0.39 is 0 Å². The van der Waals surface area contributed by atoms with Gasteiger partial charge in [0.1, 0.15) is 5.82 Å². The monoisotopic (exact) mass is 222 g/mol. The fourth-order valence-corrected chi connectivity index (χ4v) is 1.85. The molecule has 88 valence electrons. The highest BCUT2D eigenvalue weighted by atomic mass is 16.1. The average Bonchev–Trinajstić information content (AvgIpc) is 2.51. The van der Waals surface area contributed by atoms with Gasteiger partial charge in [-0.2, -0.15) is 5.10 Å². The first kappa shape index (κ1) is 11.0. The van der Waals surface area contributed by atoms with Gasteiger partial charge in [-0.25, -0.2) is 0 Å². The second-order valence-electron chi connectivity index (χ2n) is 4.46. The van der Waals surface area contributed by atoms with Crippen molar-refractivity contribution >= 4 is 11.7 Å². The van der Waals surface area contributed by atoms with E-state index in [2.05, 4.69) is 10.4 Å². The number of amides is 1. The third-order valence-corrected chi connectivity index (χ3v) is 3.24. The SMILES string of the molecule is Cn1ncc(CNC(=O)CC2CCC2)c1N. The number of aryl methyl sites for hydroxylation is 1. The van der Waals surface area contributed by atoms with Gasteiger partial charge in [0.25, 0.3) is 0 Å². The van der Waals surface area contributed by atoms with Crippen molar-refractivity contribution < 1.29 is 4.79 Å². The molecule has 5 nitrogen and oxygen atoms in total. The fourth-order valence-electron chi connectivity index (χ4n) is 1.85. The van der Waals surface area contributed by atoms with E-state index in [1.54, 1.807) is 17.9 Å². The summed E-state index contributed by atoms with van der Waals surface area (Å²) in [6.45, 7) is 0.477. The Bertz CT molecular complexity index is 381. The summed E-state index contributed by atoms with van der Waals surface area (Å²) in [5, 5.41) is 6.90. The maximum atomic E-state index is 11.6. The smallest absolute Gasteiger partial charge is 0.220 e. The molecule has 0 unspecified atom stereocenters. The minimum Gasteiger partial charge on any atom is -0.384 e. The molecule has 0 radical (unpaired) electrons. The van der Waals surface area contributed by atoms with Crippen LogP contribution in [0.3, 0.4) is 0 Å². The highest BCUT2D eigenvalue weighted by Gasteiger charge is 2.20. The summed E-state index contributed by atoms with van der Waals surface area (Å²) in [5.74, 6) is 1.34. The number of aromatic nitrogens is 2. The lowest BCUT2D eigenvalue weighted by Gasteiger charge is -2.24. The topological polar surface area (TPSA) is 72.9 Å². The molecule has 0 aliphatic heterocycles. The lowest BCUT2D eigenvalue weighted by Crippen LogP contribution is -2.27. The minimum absolute atomic E-state index is 0.118. The molecule has 0 atom stereocenters. The normalized spacial score (nSPS) is 15.8. The number of nitrogen functional groups attached to an aromatic ring is 1. The fraction of sp³-hybridized carbons (Fsp3) is 0.636. The van der Waals surface area contributed by atoms with E-state index in [4.69, 9.17) is 5.73 Å². The number of nitrogens with zero attached hydrogens (tertiary/aromatic N) is 2. The number of nitrogens with one attached hydrogen (secondary N) is 1. The van der Waals surface area contributed by atoms with Gasteiger partial charge in [0.2, 0.25) is 5.91 Å². The van der Waals surface area contributed by atoms with Gasteiger partial charge in [0.15, 0.2) is 0 Å². The predicted octanol–water partition coefficient (Wildman–Crippen LogP) is 0.809. The zero-order valence-electron chi connectivity index (χ0n) is 9.57. The zero-order valence-corrected chi connectivity index (χ0v) is 9.57. The van der Waals surface area contributed by atoms with Crippen molar-refractivity contribution in [1.82, 2.24) is 15.1 Å². The first-order valence-corrected chi connectivity index (χ1v) is 5.70. The molecule has 16 heavy (non-hydrogen) atoms. The Morgan fingerprint density at radius 3 is 2.94 bits per heavy atom. The molecule has 1 aromatic heterocycles. The van der Waals surface area contributed by atoms with E-state index in [1.807, 2.05) is 0 Å². The molecule has 1 fully saturated rings. The number of hydrogen-bond donors (Lipinski definition) is 2. The van der Waals surface area contributed by atoms with E-state index in [9.17, 15) is 4.79 Å². The maximum Gasteiger partial charge on any atom is 0.220 e. The molecular formula is C11H18N4O. The molecule has 1 amide bonds. The van der Waals surface area contributed by atoms with E-state index in [1.165, 1.54) is 19.3 Å². The molecule has 0 bridgehead atoms. The van der Waals surface area contributed by atoms with Crippen LogP contribution in [0.1, 0.15) is 31.2 Å². The molecule has 0 saturated heterocycles. The molecule has 1 aliphatic carbocycles. The Kier molecular flexibility index (Phi) is 3.12. The third-order valence-electron chi connectivity index (χ3n) is 3.24. The van der Waals surface area contributed by atoms with Crippen LogP contribution in [0.25, 0.3) is 0 Å². The lowest BCUT2D eigenvalue weighted by molar-refractivity contribution is -0.122. The highest BCUT2D eigenvalue weighted by molar-refractivity contribution is 5.76. The Morgan fingerprint density at radius 1 is 1.69 bits per heavy atom. The van der Waals surface area contributed by atoms with Crippen molar-refractivity contribution in [2.24, 2.45) is 13.0 Å². The van der Waals surface area contributed by atoms with Gasteiger partial charge in [-0.1, -0.05) is 6.42 Å². The molecule has 3 N–H and O–H groups in total. The molecule has 5 heteroatoms. The van der Waals surface area contributed by atoms with Crippen molar-refractivity contribution in [3.05, 3.63) is 11.8 Å². The Balaban J connectivity index is 1.78. The van der Waals surface area contributed by atoms with Crippen LogP contribution in [0, 0.1) is 5.92 Å². The third kappa shape index (κ3) is 2.35. The molecule has 1 aliphatic rings. The largest absolute Gasteiger partial charge is 0.384 e. The van der Waals surface area contributed by atoms with E-state index in [0.717, 1.165) is 5.56 Å². The summed E-state index contributed by atoms with van der Waals surface area (Å²) in [6.07, 6.45) is 6.01. The molecule has 2 rings (SSSR count). The summed E-state index contributed by atoms with van der Waals surface area (Å²) >= 11 is 0. The van der Waals surface area contributed by atoms with E-state index in [0.29, 0.717) is 24.7 Å². The summed E-state index contributed by atoms with van der Waals surface area (Å²) in [7, 11) is 1.79. The van der Waals surface area contributed by atoms with Crippen LogP contribution in [0.5, 0.6) is 0 Å². The van der Waals surface area contributed by atoms with Gasteiger partial charge in [0, 0.05) is 25.6 Å². The van der Waals surface area contributed by atoms with Crippen LogP contribution in [-0.2, 0) is 18.4 Å². The second-order valence-corrected chi connectivity index (χ2v) is 4.46. The van der Waals surface area contributed by atoms with Crippen LogP contribution in [-0.4, -0.2) is 15.7 Å². The van der Waals surface area contributed by atoms with Gasteiger partial charge in [0.05, 0.1) is 6.20 Å². The molecular weight excluding hydrogens is 204 g/mol. The standard InChI is InChI=1S/C11H18N4O/c1-15-11(12)9(7-14-15)6-13-10(16)5-8-3-2-4-8/h7-8H,2-6,12H2,1H3,(H,13,16). The first-order valence-electron chi connectivity index (χ1n) is 5.70. The lowest BCUT2D eigenvalue weighted by atomic mass is 9.83. The van der Waals surface area contributed by atoms with Gasteiger partial charge >= 0.3 is 0 Å². The minimum atomic E-state index is 0.118. The van der Waals surface area contributed by atoms with Crippen molar-refractivity contribution in [3.63, 3.8) is 0 Å². The van der Waals surface area contributed by atoms with E-state index in [-0.39, 0.29) is 5.91 Å². The zero-order chi connectivity index (χ0) is 11.5. The Hall–Kier alpha value is -1.52. The molecule has 0 spiro atoms. The number of hydrogen-bond acceptors (Lipinski definition) is 3. The van der Waals surface area contributed by atoms with Crippen LogP contribution in [0.4, 0.5) is 5.82 Å². The molecule has 1 aromatic rings. The Labute approximate surface area is 95.0 Å². The Morgan fingerprint density at radius 2 is 2.44 bits per heavy atom. The van der Waals surface area contributed by atoms with Crippen molar-refractivity contribution in [1.29, 1.82) is 0 Å². The summed E-state index contributed by atoms with van der Waals surface area (Å²) in [6, 6.07) is 0. The van der Waals surface area contributed by atoms with Gasteiger partial charge in [-0.3, -0.25) is 9.48 Å². The van der Waals surface area contributed by atoms with Crippen LogP contribution < -0.4 is 11.1 Å². The second kappa shape index (κ2) is 4.55. The van der Waals surface area contributed by atoms with Crippen LogP contribution in [0.2, 0.25) is 0 Å². The van der Waals surface area contributed by atoms with Gasteiger partial charge < -0.3 is 11.1 Å². The average molecular weight is 222 g/mol. The number of nitrogens with two attached hydrogens (primary N) is 1. The molecule has 0 aromatic carbocycles.